The number of rotatable bonds is 7. The molecule has 0 radical (unpaired) electrons. The molecular weight excluding hydrogens is 458 g/mol. The molecule has 3 aromatic rings. The van der Waals surface area contributed by atoms with Crippen LogP contribution in [0.2, 0.25) is 0 Å². The number of anilines is 3. The van der Waals surface area contributed by atoms with Gasteiger partial charge in [0, 0.05) is 38.1 Å². The maximum atomic E-state index is 12.7. The van der Waals surface area contributed by atoms with Crippen LogP contribution < -0.4 is 20.3 Å². The smallest absolute Gasteiger partial charge is 0.410 e. The fourth-order valence-corrected chi connectivity index (χ4v) is 4.07. The van der Waals surface area contributed by atoms with Gasteiger partial charge in [-0.1, -0.05) is 19.1 Å². The van der Waals surface area contributed by atoms with Crippen LogP contribution in [-0.2, 0) is 13.0 Å². The largest absolute Gasteiger partial charge is 0.470 e. The number of hydrogen-bond acceptors (Lipinski definition) is 8. The molecule has 12 heteroatoms. The zero-order chi connectivity index (χ0) is 23.9. The van der Waals surface area contributed by atoms with Gasteiger partial charge in [-0.2, -0.15) is 4.37 Å². The van der Waals surface area contributed by atoms with Gasteiger partial charge in [0.25, 0.3) is 5.88 Å². The van der Waals surface area contributed by atoms with Gasteiger partial charge in [0.2, 0.25) is 5.82 Å². The molecule has 3 heterocycles. The summed E-state index contributed by atoms with van der Waals surface area (Å²) in [6, 6.07) is 11.1. The average molecular weight is 484 g/mol. The number of pyridine rings is 1. The Hall–Kier alpha value is -3.93. The van der Waals surface area contributed by atoms with Crippen LogP contribution in [-0.4, -0.2) is 62.0 Å². The highest BCUT2D eigenvalue weighted by atomic mass is 32.1. The van der Waals surface area contributed by atoms with Crippen LogP contribution in [0.5, 0.6) is 5.88 Å². The summed E-state index contributed by atoms with van der Waals surface area (Å²) < 4.78 is 14.5. The lowest BCUT2D eigenvalue weighted by Crippen LogP contribution is -2.50. The predicted molar refractivity (Wildman–Crippen MR) is 129 cm³/mol. The number of carboxylic acid groups (broad SMARTS) is 1. The Morgan fingerprint density at radius 3 is 2.68 bits per heavy atom. The van der Waals surface area contributed by atoms with Crippen molar-refractivity contribution in [3.05, 3.63) is 53.7 Å². The fourth-order valence-electron chi connectivity index (χ4n) is 3.55. The molecule has 1 fully saturated rings. The van der Waals surface area contributed by atoms with Gasteiger partial charge in [-0.05, 0) is 41.8 Å². The first-order valence-corrected chi connectivity index (χ1v) is 11.5. The Kier molecular flexibility index (Phi) is 7.38. The first kappa shape index (κ1) is 23.2. The van der Waals surface area contributed by atoms with E-state index in [0.29, 0.717) is 37.9 Å². The summed E-state index contributed by atoms with van der Waals surface area (Å²) in [4.78, 5) is 31.3. The summed E-state index contributed by atoms with van der Waals surface area (Å²) in [6.07, 6.45) is 1.24. The van der Waals surface area contributed by atoms with Gasteiger partial charge in [-0.25, -0.2) is 14.6 Å². The van der Waals surface area contributed by atoms with Gasteiger partial charge in [-0.15, -0.1) is 4.37 Å². The molecule has 178 valence electrons. The fraction of sp³-hybridized carbons (Fsp3) is 0.318. The minimum atomic E-state index is -1.18. The van der Waals surface area contributed by atoms with Crippen molar-refractivity contribution < 1.29 is 19.4 Å². The van der Waals surface area contributed by atoms with Crippen LogP contribution in [0, 0.1) is 0 Å². The Labute approximate surface area is 200 Å². The molecule has 1 saturated heterocycles. The molecule has 1 aliphatic heterocycles. The second-order valence-electron chi connectivity index (χ2n) is 7.62. The first-order valence-electron chi connectivity index (χ1n) is 10.8. The third-order valence-electron chi connectivity index (χ3n) is 5.33. The highest BCUT2D eigenvalue weighted by Gasteiger charge is 2.25. The Balaban J connectivity index is 1.31. The Morgan fingerprint density at radius 2 is 1.91 bits per heavy atom. The predicted octanol–water partition coefficient (Wildman–Crippen LogP) is 3.52. The first-order chi connectivity index (χ1) is 16.5. The summed E-state index contributed by atoms with van der Waals surface area (Å²) in [5, 5.41) is 14.0. The summed E-state index contributed by atoms with van der Waals surface area (Å²) in [6.45, 7) is 4.57. The minimum Gasteiger partial charge on any atom is -0.470 e. The van der Waals surface area contributed by atoms with Crippen LogP contribution in [0.15, 0.2) is 42.6 Å². The van der Waals surface area contributed by atoms with Crippen molar-refractivity contribution in [1.29, 1.82) is 0 Å². The van der Waals surface area contributed by atoms with Crippen molar-refractivity contribution in [3.63, 3.8) is 0 Å². The number of nitrogens with zero attached hydrogens (tertiary/aromatic N) is 5. The summed E-state index contributed by atoms with van der Waals surface area (Å²) >= 11 is 1.06. The van der Waals surface area contributed by atoms with Gasteiger partial charge < -0.3 is 25.0 Å². The maximum absolute atomic E-state index is 12.7. The number of amides is 3. The van der Waals surface area contributed by atoms with Crippen molar-refractivity contribution in [2.24, 2.45) is 0 Å². The maximum Gasteiger partial charge on any atom is 0.410 e. The number of carbonyl (C=O) groups excluding carboxylic acids is 1. The van der Waals surface area contributed by atoms with Gasteiger partial charge in [0.1, 0.15) is 12.4 Å². The number of piperazine rings is 1. The highest BCUT2D eigenvalue weighted by molar-refractivity contribution is 6.99. The minimum absolute atomic E-state index is 0.121. The molecule has 0 aliphatic carbocycles. The van der Waals surface area contributed by atoms with E-state index in [9.17, 15) is 9.59 Å². The third-order valence-corrected chi connectivity index (χ3v) is 5.83. The highest BCUT2D eigenvalue weighted by Crippen LogP contribution is 2.27. The number of benzene rings is 1. The molecule has 0 unspecified atom stereocenters. The molecule has 11 nitrogen and oxygen atoms in total. The van der Waals surface area contributed by atoms with Crippen LogP contribution in [0.25, 0.3) is 0 Å². The third kappa shape index (κ3) is 5.90. The number of aryl methyl sites for hydroxylation is 1. The van der Waals surface area contributed by atoms with Gasteiger partial charge in [0.05, 0.1) is 11.7 Å². The topological polar surface area (TPSA) is 133 Å². The molecule has 0 saturated carbocycles. The molecule has 2 aromatic heterocycles. The Bertz CT molecular complexity index is 1150. The second kappa shape index (κ2) is 10.8. The van der Waals surface area contributed by atoms with E-state index in [4.69, 9.17) is 9.84 Å². The van der Waals surface area contributed by atoms with E-state index in [0.717, 1.165) is 29.4 Å². The van der Waals surface area contributed by atoms with Crippen LogP contribution in [0.3, 0.4) is 0 Å². The van der Waals surface area contributed by atoms with E-state index in [1.807, 2.05) is 29.2 Å². The lowest BCUT2D eigenvalue weighted by atomic mass is 10.1. The van der Waals surface area contributed by atoms with E-state index >= 15 is 0 Å². The summed E-state index contributed by atoms with van der Waals surface area (Å²) in [7, 11) is 0. The van der Waals surface area contributed by atoms with Crippen molar-refractivity contribution in [2.75, 3.05) is 41.7 Å². The Morgan fingerprint density at radius 1 is 1.09 bits per heavy atom. The van der Waals surface area contributed by atoms with Gasteiger partial charge in [-0.3, -0.25) is 5.32 Å². The van der Waals surface area contributed by atoms with E-state index in [2.05, 4.69) is 31.3 Å². The quantitative estimate of drug-likeness (QED) is 0.465. The SMILES string of the molecule is CCc1cccc(NC(=O)N2CCN(c3nsnc3OCc3ccnc(NC(=O)O)c3)CC2)c1. The van der Waals surface area contributed by atoms with Crippen molar-refractivity contribution in [1.82, 2.24) is 18.6 Å². The number of ether oxygens (including phenoxy) is 1. The van der Waals surface area contributed by atoms with E-state index in [-0.39, 0.29) is 18.5 Å². The van der Waals surface area contributed by atoms with E-state index in [1.54, 1.807) is 17.0 Å². The van der Waals surface area contributed by atoms with Gasteiger partial charge >= 0.3 is 12.1 Å². The average Bonchev–Trinajstić information content (AvgIpc) is 3.31. The zero-order valence-corrected chi connectivity index (χ0v) is 19.4. The number of carbonyl (C=O) groups is 2. The molecule has 34 heavy (non-hydrogen) atoms. The number of urea groups is 1. The normalized spacial score (nSPS) is 13.4. The molecule has 1 aliphatic rings. The molecule has 0 spiro atoms. The molecule has 4 rings (SSSR count). The number of hydrogen-bond donors (Lipinski definition) is 3. The lowest BCUT2D eigenvalue weighted by molar-refractivity contribution is 0.207. The molecule has 1 aromatic carbocycles. The lowest BCUT2D eigenvalue weighted by Gasteiger charge is -2.34. The van der Waals surface area contributed by atoms with Gasteiger partial charge in [0.15, 0.2) is 0 Å². The molecule has 0 atom stereocenters. The van der Waals surface area contributed by atoms with Crippen LogP contribution >= 0.6 is 11.7 Å². The second-order valence-corrected chi connectivity index (χ2v) is 8.15. The molecular formula is C22H25N7O4S. The number of aromatic nitrogens is 3. The van der Waals surface area contributed by atoms with Crippen molar-refractivity contribution in [2.45, 2.75) is 20.0 Å². The summed E-state index contributed by atoms with van der Waals surface area (Å²) in [5.74, 6) is 1.27. The zero-order valence-electron chi connectivity index (χ0n) is 18.6. The van der Waals surface area contributed by atoms with Crippen LogP contribution in [0.4, 0.5) is 26.9 Å². The van der Waals surface area contributed by atoms with Crippen molar-refractivity contribution >= 4 is 41.2 Å². The molecule has 0 bridgehead atoms. The molecule has 3 N–H and O–H groups in total. The van der Waals surface area contributed by atoms with E-state index < -0.39 is 6.09 Å². The summed E-state index contributed by atoms with van der Waals surface area (Å²) in [5.41, 5.74) is 2.71. The van der Waals surface area contributed by atoms with Crippen molar-refractivity contribution in [3.8, 4) is 5.88 Å². The monoisotopic (exact) mass is 483 g/mol. The van der Waals surface area contributed by atoms with E-state index in [1.165, 1.54) is 11.8 Å². The molecule has 3 amide bonds. The van der Waals surface area contributed by atoms with Crippen LogP contribution in [0.1, 0.15) is 18.1 Å². The standard InChI is InChI=1S/C22H25N7O4S/c1-2-15-4-3-5-17(12-15)24-21(30)29-10-8-28(9-11-29)19-20(27-34-26-19)33-14-16-6-7-23-18(13-16)25-22(31)32/h3-7,12-13H,2,8-11,14H2,1H3,(H,23,25)(H,24,30)(H,31,32). The number of nitrogens with one attached hydrogen (secondary N) is 2.